The van der Waals surface area contributed by atoms with Crippen molar-refractivity contribution in [2.45, 2.75) is 25.9 Å². The number of carbonyl (C=O) groups excluding carboxylic acids is 2. The molecule has 0 heterocycles. The van der Waals surface area contributed by atoms with Crippen LogP contribution in [0.5, 0.6) is 0 Å². The summed E-state index contributed by atoms with van der Waals surface area (Å²) < 4.78 is 26.5. The van der Waals surface area contributed by atoms with E-state index in [1.165, 1.54) is 11.9 Å². The minimum absolute atomic E-state index is 0.0200. The van der Waals surface area contributed by atoms with E-state index in [9.17, 15) is 18.0 Å². The van der Waals surface area contributed by atoms with E-state index in [1.54, 1.807) is 42.5 Å². The second-order valence-corrected chi connectivity index (χ2v) is 11.4. The van der Waals surface area contributed by atoms with Gasteiger partial charge in [0.2, 0.25) is 21.8 Å². The van der Waals surface area contributed by atoms with Gasteiger partial charge in [-0.25, -0.2) is 8.42 Å². The highest BCUT2D eigenvalue weighted by molar-refractivity contribution is 7.92. The highest BCUT2D eigenvalue weighted by Gasteiger charge is 2.32. The molecule has 0 aromatic heterocycles. The highest BCUT2D eigenvalue weighted by Crippen LogP contribution is 2.25. The second-order valence-electron chi connectivity index (χ2n) is 8.70. The van der Waals surface area contributed by atoms with Crippen molar-refractivity contribution in [2.75, 3.05) is 24.2 Å². The number of nitrogens with zero attached hydrogens (tertiary/aromatic N) is 2. The Hall–Kier alpha value is -3.07. The van der Waals surface area contributed by atoms with Gasteiger partial charge in [-0.1, -0.05) is 77.3 Å². The van der Waals surface area contributed by atoms with Crippen molar-refractivity contribution >= 4 is 50.7 Å². The maximum Gasteiger partial charge on any atom is 0.244 e. The van der Waals surface area contributed by atoms with Gasteiger partial charge in [-0.3, -0.25) is 13.9 Å². The standard InChI is InChI=1S/C27H29Cl2N3O4S/c1-19-9-12-22(13-10-19)32(37(3,35)36)18-26(33)31(17-21-11-14-23(28)24(29)15-21)25(27(34)30-2)16-20-7-5-4-6-8-20/h4-15,25H,16-18H2,1-3H3,(H,30,34). The number of anilines is 1. The summed E-state index contributed by atoms with van der Waals surface area (Å²) in [6.07, 6.45) is 1.28. The van der Waals surface area contributed by atoms with Gasteiger partial charge in [-0.05, 0) is 42.3 Å². The lowest BCUT2D eigenvalue weighted by atomic mass is 10.0. The molecular weight excluding hydrogens is 533 g/mol. The third-order valence-corrected chi connectivity index (χ3v) is 7.74. The Bertz CT molecular complexity index is 1350. The van der Waals surface area contributed by atoms with Crippen molar-refractivity contribution in [3.63, 3.8) is 0 Å². The van der Waals surface area contributed by atoms with Crippen LogP contribution in [0.15, 0.2) is 72.8 Å². The van der Waals surface area contributed by atoms with E-state index >= 15 is 0 Å². The van der Waals surface area contributed by atoms with Crippen LogP contribution in [0.2, 0.25) is 10.0 Å². The van der Waals surface area contributed by atoms with Gasteiger partial charge in [0, 0.05) is 20.0 Å². The molecule has 1 atom stereocenters. The minimum atomic E-state index is -3.81. The molecule has 37 heavy (non-hydrogen) atoms. The average molecular weight is 563 g/mol. The molecule has 2 amide bonds. The van der Waals surface area contributed by atoms with Crippen LogP contribution in [-0.4, -0.2) is 51.0 Å². The summed E-state index contributed by atoms with van der Waals surface area (Å²) in [6, 6.07) is 20.2. The summed E-state index contributed by atoms with van der Waals surface area (Å²) in [5.41, 5.74) is 2.80. The molecular formula is C27H29Cl2N3O4S. The summed E-state index contributed by atoms with van der Waals surface area (Å²) in [6.45, 7) is 1.42. The fraction of sp³-hybridized carbons (Fsp3) is 0.259. The molecule has 196 valence electrons. The zero-order valence-corrected chi connectivity index (χ0v) is 23.1. The quantitative estimate of drug-likeness (QED) is 0.396. The summed E-state index contributed by atoms with van der Waals surface area (Å²) in [5, 5.41) is 3.30. The molecule has 0 fully saturated rings. The molecule has 0 spiro atoms. The first kappa shape index (κ1) is 28.5. The topological polar surface area (TPSA) is 86.8 Å². The van der Waals surface area contributed by atoms with Crippen molar-refractivity contribution in [3.05, 3.63) is 99.5 Å². The van der Waals surface area contributed by atoms with Gasteiger partial charge < -0.3 is 10.2 Å². The van der Waals surface area contributed by atoms with Gasteiger partial charge in [0.1, 0.15) is 12.6 Å². The number of carbonyl (C=O) groups is 2. The van der Waals surface area contributed by atoms with E-state index in [2.05, 4.69) is 5.32 Å². The number of hydrogen-bond acceptors (Lipinski definition) is 4. The number of likely N-dealkylation sites (N-methyl/N-ethyl adjacent to an activating group) is 1. The van der Waals surface area contributed by atoms with E-state index in [0.717, 1.165) is 21.7 Å². The predicted molar refractivity (Wildman–Crippen MR) is 148 cm³/mol. The zero-order valence-electron chi connectivity index (χ0n) is 20.8. The molecule has 0 bridgehead atoms. The van der Waals surface area contributed by atoms with Gasteiger partial charge in [0.25, 0.3) is 0 Å². The number of halogens is 2. The largest absolute Gasteiger partial charge is 0.357 e. The molecule has 0 aliphatic rings. The summed E-state index contributed by atoms with van der Waals surface area (Å²) in [7, 11) is -2.31. The number of sulfonamides is 1. The lowest BCUT2D eigenvalue weighted by molar-refractivity contribution is -0.139. The maximum absolute atomic E-state index is 13.8. The second kappa shape index (κ2) is 12.4. The van der Waals surface area contributed by atoms with Crippen LogP contribution in [0.4, 0.5) is 5.69 Å². The Morgan fingerprint density at radius 1 is 0.919 bits per heavy atom. The molecule has 3 aromatic carbocycles. The summed E-state index contributed by atoms with van der Waals surface area (Å²) >= 11 is 12.3. The Morgan fingerprint density at radius 2 is 1.57 bits per heavy atom. The van der Waals surface area contributed by atoms with Crippen molar-refractivity contribution in [2.24, 2.45) is 0 Å². The van der Waals surface area contributed by atoms with E-state index in [0.29, 0.717) is 21.3 Å². The number of aryl methyl sites for hydroxylation is 1. The van der Waals surface area contributed by atoms with Crippen LogP contribution in [0.3, 0.4) is 0 Å². The Kier molecular flexibility index (Phi) is 9.59. The van der Waals surface area contributed by atoms with E-state index in [1.807, 2.05) is 37.3 Å². The zero-order chi connectivity index (χ0) is 27.2. The summed E-state index contributed by atoms with van der Waals surface area (Å²) in [4.78, 5) is 28.3. The molecule has 0 saturated heterocycles. The van der Waals surface area contributed by atoms with Crippen molar-refractivity contribution in [1.29, 1.82) is 0 Å². The van der Waals surface area contributed by atoms with E-state index in [-0.39, 0.29) is 18.9 Å². The Morgan fingerprint density at radius 3 is 2.14 bits per heavy atom. The van der Waals surface area contributed by atoms with Crippen molar-refractivity contribution < 1.29 is 18.0 Å². The van der Waals surface area contributed by atoms with Crippen molar-refractivity contribution in [1.82, 2.24) is 10.2 Å². The molecule has 7 nitrogen and oxygen atoms in total. The number of amides is 2. The van der Waals surface area contributed by atoms with Crippen molar-refractivity contribution in [3.8, 4) is 0 Å². The Labute approximate surface area is 228 Å². The molecule has 1 N–H and O–H groups in total. The van der Waals surface area contributed by atoms with E-state index in [4.69, 9.17) is 23.2 Å². The number of hydrogen-bond donors (Lipinski definition) is 1. The van der Waals surface area contributed by atoms with Gasteiger partial charge in [-0.15, -0.1) is 0 Å². The lowest BCUT2D eigenvalue weighted by Gasteiger charge is -2.33. The minimum Gasteiger partial charge on any atom is -0.357 e. The van der Waals surface area contributed by atoms with Crippen LogP contribution in [-0.2, 0) is 32.6 Å². The van der Waals surface area contributed by atoms with Gasteiger partial charge in [-0.2, -0.15) is 0 Å². The number of nitrogens with one attached hydrogen (secondary N) is 1. The molecule has 0 aliphatic heterocycles. The van der Waals surface area contributed by atoms with Crippen LogP contribution >= 0.6 is 23.2 Å². The molecule has 0 radical (unpaired) electrons. The maximum atomic E-state index is 13.8. The third-order valence-electron chi connectivity index (χ3n) is 5.86. The van der Waals surface area contributed by atoms with Gasteiger partial charge in [0.05, 0.1) is 22.0 Å². The molecule has 3 aromatic rings. The molecule has 1 unspecified atom stereocenters. The SMILES string of the molecule is CNC(=O)C(Cc1ccccc1)N(Cc1ccc(Cl)c(Cl)c1)C(=O)CN(c1ccc(C)cc1)S(C)(=O)=O. The van der Waals surface area contributed by atoms with Gasteiger partial charge >= 0.3 is 0 Å². The van der Waals surface area contributed by atoms with Crippen LogP contribution in [0.1, 0.15) is 16.7 Å². The normalized spacial score (nSPS) is 12.0. The predicted octanol–water partition coefficient (Wildman–Crippen LogP) is 4.45. The van der Waals surface area contributed by atoms with Crippen LogP contribution in [0, 0.1) is 6.92 Å². The smallest absolute Gasteiger partial charge is 0.244 e. The van der Waals surface area contributed by atoms with Crippen LogP contribution in [0.25, 0.3) is 0 Å². The third kappa shape index (κ3) is 7.71. The monoisotopic (exact) mass is 561 g/mol. The average Bonchev–Trinajstić information content (AvgIpc) is 2.86. The number of rotatable bonds is 10. The lowest BCUT2D eigenvalue weighted by Crippen LogP contribution is -2.52. The van der Waals surface area contributed by atoms with Crippen LogP contribution < -0.4 is 9.62 Å². The Balaban J connectivity index is 2.03. The first-order valence-electron chi connectivity index (χ1n) is 11.5. The van der Waals surface area contributed by atoms with E-state index < -0.39 is 28.5 Å². The highest BCUT2D eigenvalue weighted by atomic mass is 35.5. The first-order valence-corrected chi connectivity index (χ1v) is 14.1. The van der Waals surface area contributed by atoms with Gasteiger partial charge in [0.15, 0.2) is 0 Å². The molecule has 10 heteroatoms. The molecule has 3 rings (SSSR count). The fourth-order valence-corrected chi connectivity index (χ4v) is 5.05. The fourth-order valence-electron chi connectivity index (χ4n) is 3.88. The molecule has 0 aliphatic carbocycles. The summed E-state index contributed by atoms with van der Waals surface area (Å²) in [5.74, 6) is -0.917. The molecule has 0 saturated carbocycles. The first-order chi connectivity index (χ1) is 17.5. The number of benzene rings is 3.